The van der Waals surface area contributed by atoms with Crippen molar-refractivity contribution in [3.05, 3.63) is 52.5 Å². The third-order valence-electron chi connectivity index (χ3n) is 4.79. The standard InChI is InChI=1S/C18H21FN2O/c1-3-12-9-13(4-2)16-7-6-15(18(22)21(16)11-12)14-5-8-17(19)20-10-14/h5-8,10,12-13H,3-4,9,11H2,1-2H3. The van der Waals surface area contributed by atoms with Crippen molar-refractivity contribution in [2.45, 2.75) is 45.6 Å². The van der Waals surface area contributed by atoms with E-state index >= 15 is 0 Å². The van der Waals surface area contributed by atoms with Crippen LogP contribution >= 0.6 is 0 Å². The highest BCUT2D eigenvalue weighted by molar-refractivity contribution is 5.61. The molecule has 0 aliphatic carbocycles. The highest BCUT2D eigenvalue weighted by Crippen LogP contribution is 2.34. The summed E-state index contributed by atoms with van der Waals surface area (Å²) in [6.07, 6.45) is 4.72. The Morgan fingerprint density at radius 2 is 2.05 bits per heavy atom. The lowest BCUT2D eigenvalue weighted by Crippen LogP contribution is -2.33. The van der Waals surface area contributed by atoms with Gasteiger partial charge >= 0.3 is 0 Å². The second-order valence-electron chi connectivity index (χ2n) is 6.07. The molecule has 2 aromatic heterocycles. The molecule has 3 rings (SSSR count). The predicted octanol–water partition coefficient (Wildman–Crippen LogP) is 3.97. The van der Waals surface area contributed by atoms with Gasteiger partial charge in [-0.2, -0.15) is 4.39 Å². The summed E-state index contributed by atoms with van der Waals surface area (Å²) in [5, 5.41) is 0. The molecule has 0 fully saturated rings. The maximum atomic E-state index is 13.0. The molecule has 0 N–H and O–H groups in total. The minimum atomic E-state index is -0.529. The molecule has 1 aliphatic rings. The zero-order valence-corrected chi connectivity index (χ0v) is 13.1. The Morgan fingerprint density at radius 1 is 1.23 bits per heavy atom. The summed E-state index contributed by atoms with van der Waals surface area (Å²) in [6, 6.07) is 6.82. The van der Waals surface area contributed by atoms with Gasteiger partial charge in [-0.1, -0.05) is 20.3 Å². The van der Waals surface area contributed by atoms with Crippen molar-refractivity contribution in [2.75, 3.05) is 0 Å². The van der Waals surface area contributed by atoms with Crippen LogP contribution in [0.3, 0.4) is 0 Å². The molecule has 2 unspecified atom stereocenters. The van der Waals surface area contributed by atoms with Crippen LogP contribution in [0.25, 0.3) is 11.1 Å². The van der Waals surface area contributed by atoms with Gasteiger partial charge in [0.2, 0.25) is 5.95 Å². The van der Waals surface area contributed by atoms with Gasteiger partial charge in [0.15, 0.2) is 0 Å². The Kier molecular flexibility index (Phi) is 4.10. The summed E-state index contributed by atoms with van der Waals surface area (Å²) in [7, 11) is 0. The average Bonchev–Trinajstić information content (AvgIpc) is 2.55. The molecule has 1 aliphatic heterocycles. The zero-order valence-electron chi connectivity index (χ0n) is 13.1. The second-order valence-corrected chi connectivity index (χ2v) is 6.07. The topological polar surface area (TPSA) is 34.9 Å². The third kappa shape index (κ3) is 2.58. The number of pyridine rings is 2. The lowest BCUT2D eigenvalue weighted by molar-refractivity contribution is 0.306. The normalized spacial score (nSPS) is 20.7. The maximum absolute atomic E-state index is 13.0. The molecule has 0 amide bonds. The first-order valence-corrected chi connectivity index (χ1v) is 7.99. The number of fused-ring (bicyclic) bond motifs is 1. The molecule has 0 spiro atoms. The maximum Gasteiger partial charge on any atom is 0.258 e. The second kappa shape index (κ2) is 6.03. The Morgan fingerprint density at radius 3 is 2.68 bits per heavy atom. The van der Waals surface area contributed by atoms with Gasteiger partial charge in [-0.05, 0) is 48.9 Å². The van der Waals surface area contributed by atoms with E-state index in [9.17, 15) is 9.18 Å². The minimum absolute atomic E-state index is 0.0162. The van der Waals surface area contributed by atoms with E-state index in [-0.39, 0.29) is 5.56 Å². The van der Waals surface area contributed by atoms with Crippen molar-refractivity contribution in [1.82, 2.24) is 9.55 Å². The van der Waals surface area contributed by atoms with Crippen LogP contribution < -0.4 is 5.56 Å². The number of nitrogens with zero attached hydrogens (tertiary/aromatic N) is 2. The van der Waals surface area contributed by atoms with Crippen molar-refractivity contribution >= 4 is 0 Å². The van der Waals surface area contributed by atoms with E-state index in [1.165, 1.54) is 12.3 Å². The van der Waals surface area contributed by atoms with Crippen LogP contribution in [-0.2, 0) is 6.54 Å². The van der Waals surface area contributed by atoms with Crippen LogP contribution in [0.1, 0.15) is 44.7 Å². The Bertz CT molecular complexity index is 721. The van der Waals surface area contributed by atoms with Gasteiger partial charge in [-0.15, -0.1) is 0 Å². The predicted molar refractivity (Wildman–Crippen MR) is 85.3 cm³/mol. The average molecular weight is 300 g/mol. The van der Waals surface area contributed by atoms with Gasteiger partial charge in [-0.3, -0.25) is 4.79 Å². The molecule has 0 aromatic carbocycles. The molecule has 0 saturated carbocycles. The Balaban J connectivity index is 2.10. The first-order valence-electron chi connectivity index (χ1n) is 7.99. The van der Waals surface area contributed by atoms with Crippen molar-refractivity contribution in [3.8, 4) is 11.1 Å². The zero-order chi connectivity index (χ0) is 15.7. The van der Waals surface area contributed by atoms with Crippen molar-refractivity contribution in [2.24, 2.45) is 5.92 Å². The lowest BCUT2D eigenvalue weighted by Gasteiger charge is -2.32. The quantitative estimate of drug-likeness (QED) is 0.804. The van der Waals surface area contributed by atoms with Crippen molar-refractivity contribution in [3.63, 3.8) is 0 Å². The van der Waals surface area contributed by atoms with Gasteiger partial charge in [-0.25, -0.2) is 4.98 Å². The van der Waals surface area contributed by atoms with Crippen LogP contribution in [0.2, 0.25) is 0 Å². The summed E-state index contributed by atoms with van der Waals surface area (Å²) in [5.74, 6) is 0.474. The van der Waals surface area contributed by atoms with Gasteiger partial charge in [0, 0.05) is 29.6 Å². The molecule has 0 saturated heterocycles. The SMILES string of the molecule is CCC1CC(CC)c2ccc(-c3ccc(F)nc3)c(=O)n2C1. The molecule has 4 heteroatoms. The van der Waals surface area contributed by atoms with E-state index in [2.05, 4.69) is 24.9 Å². The van der Waals surface area contributed by atoms with E-state index in [0.29, 0.717) is 23.0 Å². The Labute approximate surface area is 129 Å². The summed E-state index contributed by atoms with van der Waals surface area (Å²) >= 11 is 0. The smallest absolute Gasteiger partial charge is 0.258 e. The van der Waals surface area contributed by atoms with E-state index < -0.39 is 5.95 Å². The minimum Gasteiger partial charge on any atom is -0.312 e. The van der Waals surface area contributed by atoms with Crippen molar-refractivity contribution in [1.29, 1.82) is 0 Å². The van der Waals surface area contributed by atoms with Gasteiger partial charge in [0.1, 0.15) is 0 Å². The largest absolute Gasteiger partial charge is 0.312 e. The van der Waals surface area contributed by atoms with Crippen molar-refractivity contribution < 1.29 is 4.39 Å². The summed E-state index contributed by atoms with van der Waals surface area (Å²) in [6.45, 7) is 5.14. The number of hydrogen-bond donors (Lipinski definition) is 0. The molecule has 22 heavy (non-hydrogen) atoms. The summed E-state index contributed by atoms with van der Waals surface area (Å²) < 4.78 is 14.9. The fraction of sp³-hybridized carbons (Fsp3) is 0.444. The van der Waals surface area contributed by atoms with E-state index in [1.54, 1.807) is 6.07 Å². The Hall–Kier alpha value is -1.97. The van der Waals surface area contributed by atoms with E-state index in [1.807, 2.05) is 10.6 Å². The molecule has 2 atom stereocenters. The van der Waals surface area contributed by atoms with Crippen LogP contribution in [-0.4, -0.2) is 9.55 Å². The van der Waals surface area contributed by atoms with Crippen LogP contribution in [0.5, 0.6) is 0 Å². The fourth-order valence-electron chi connectivity index (χ4n) is 3.42. The summed E-state index contributed by atoms with van der Waals surface area (Å²) in [5.41, 5.74) is 2.43. The number of aromatic nitrogens is 2. The highest BCUT2D eigenvalue weighted by atomic mass is 19.1. The first-order chi connectivity index (χ1) is 10.6. The molecular weight excluding hydrogens is 279 g/mol. The molecule has 2 aromatic rings. The van der Waals surface area contributed by atoms with Crippen LogP contribution in [0.15, 0.2) is 35.3 Å². The van der Waals surface area contributed by atoms with E-state index in [0.717, 1.165) is 31.5 Å². The van der Waals surface area contributed by atoms with Gasteiger partial charge in [0.05, 0.1) is 0 Å². The molecular formula is C18H21FN2O. The molecule has 0 radical (unpaired) electrons. The number of hydrogen-bond acceptors (Lipinski definition) is 2. The third-order valence-corrected chi connectivity index (χ3v) is 4.79. The molecule has 116 valence electrons. The monoisotopic (exact) mass is 300 g/mol. The molecule has 3 heterocycles. The van der Waals surface area contributed by atoms with E-state index in [4.69, 9.17) is 0 Å². The van der Waals surface area contributed by atoms with Gasteiger partial charge < -0.3 is 4.57 Å². The highest BCUT2D eigenvalue weighted by Gasteiger charge is 2.26. The lowest BCUT2D eigenvalue weighted by atomic mass is 9.84. The number of rotatable bonds is 3. The summed E-state index contributed by atoms with van der Waals surface area (Å²) in [4.78, 5) is 16.5. The first kappa shape index (κ1) is 14.9. The fourth-order valence-corrected chi connectivity index (χ4v) is 3.42. The molecule has 3 nitrogen and oxygen atoms in total. The van der Waals surface area contributed by atoms with Gasteiger partial charge in [0.25, 0.3) is 5.56 Å². The van der Waals surface area contributed by atoms with Crippen LogP contribution in [0, 0.1) is 11.9 Å². The molecule has 0 bridgehead atoms. The van der Waals surface area contributed by atoms with Crippen LogP contribution in [0.4, 0.5) is 4.39 Å². The number of halogens is 1.